The summed E-state index contributed by atoms with van der Waals surface area (Å²) in [6, 6.07) is 4.00. The van der Waals surface area contributed by atoms with Gasteiger partial charge in [0.15, 0.2) is 5.78 Å². The first kappa shape index (κ1) is 16.1. The summed E-state index contributed by atoms with van der Waals surface area (Å²) in [5.74, 6) is -0.493. The third-order valence-corrected chi connectivity index (χ3v) is 3.96. The van der Waals surface area contributed by atoms with E-state index in [1.807, 2.05) is 0 Å². The van der Waals surface area contributed by atoms with Crippen molar-refractivity contribution in [2.24, 2.45) is 0 Å². The number of nitrogens with zero attached hydrogens (tertiary/aromatic N) is 1. The van der Waals surface area contributed by atoms with Crippen LogP contribution in [0.4, 0.5) is 11.4 Å². The fraction of sp³-hybridized carbons (Fsp3) is 0.364. The number of nitro groups is 1. The molecule has 0 saturated heterocycles. The fourth-order valence-corrected chi connectivity index (χ4v) is 2.05. The van der Waals surface area contributed by atoms with Gasteiger partial charge in [0.25, 0.3) is 5.69 Å². The van der Waals surface area contributed by atoms with Crippen LogP contribution in [0.1, 0.15) is 17.3 Å². The van der Waals surface area contributed by atoms with Crippen molar-refractivity contribution in [3.63, 3.8) is 0 Å². The lowest BCUT2D eigenvalue weighted by Crippen LogP contribution is -2.26. The van der Waals surface area contributed by atoms with Crippen LogP contribution in [0.25, 0.3) is 0 Å². The molecular formula is C11H15N3O5S. The Labute approximate surface area is 116 Å². The molecule has 20 heavy (non-hydrogen) atoms. The normalized spacial score (nSPS) is 11.1. The molecule has 1 aromatic rings. The van der Waals surface area contributed by atoms with Gasteiger partial charge in [-0.2, -0.15) is 0 Å². The van der Waals surface area contributed by atoms with Gasteiger partial charge in [0.05, 0.1) is 10.7 Å². The predicted molar refractivity (Wildman–Crippen MR) is 74.4 cm³/mol. The Morgan fingerprint density at radius 3 is 2.55 bits per heavy atom. The van der Waals surface area contributed by atoms with Gasteiger partial charge in [0.1, 0.15) is 5.69 Å². The molecule has 110 valence electrons. The number of hydrogen-bond donors (Lipinski definition) is 2. The summed E-state index contributed by atoms with van der Waals surface area (Å²) in [4.78, 5) is 21.5. The molecule has 0 amide bonds. The highest BCUT2D eigenvalue weighted by atomic mass is 32.2. The molecule has 0 bridgehead atoms. The Morgan fingerprint density at radius 2 is 2.05 bits per heavy atom. The van der Waals surface area contributed by atoms with E-state index < -0.39 is 14.9 Å². The third kappa shape index (κ3) is 4.28. The first-order valence-electron chi connectivity index (χ1n) is 5.71. The van der Waals surface area contributed by atoms with Crippen LogP contribution >= 0.6 is 0 Å². The van der Waals surface area contributed by atoms with Crippen molar-refractivity contribution in [3.8, 4) is 0 Å². The zero-order chi connectivity index (χ0) is 15.3. The molecule has 0 unspecified atom stereocenters. The van der Waals surface area contributed by atoms with Gasteiger partial charge in [-0.15, -0.1) is 0 Å². The number of sulfonamides is 1. The van der Waals surface area contributed by atoms with Gasteiger partial charge in [0.2, 0.25) is 10.0 Å². The number of nitro benzene ring substituents is 1. The molecule has 0 aliphatic rings. The second-order valence-electron chi connectivity index (χ2n) is 3.99. The summed E-state index contributed by atoms with van der Waals surface area (Å²) in [5, 5.41) is 13.6. The Bertz CT molecular complexity index is 627. The average Bonchev–Trinajstić information content (AvgIpc) is 2.38. The number of carbonyl (C=O) groups is 1. The standard InChI is InChI=1S/C11H15N3O5S/c1-8(15)9-3-4-10(11(7-9)14(16)17)13-5-6-20(18,19)12-2/h3-4,7,12-13H,5-6H2,1-2H3. The molecule has 9 heteroatoms. The summed E-state index contributed by atoms with van der Waals surface area (Å²) in [6.45, 7) is 1.33. The van der Waals surface area contributed by atoms with Crippen molar-refractivity contribution < 1.29 is 18.1 Å². The predicted octanol–water partition coefficient (Wildman–Crippen LogP) is 0.758. The maximum Gasteiger partial charge on any atom is 0.293 e. The van der Waals surface area contributed by atoms with E-state index in [0.717, 1.165) is 6.07 Å². The molecule has 0 heterocycles. The summed E-state index contributed by atoms with van der Waals surface area (Å²) in [7, 11) is -2.09. The molecule has 0 aromatic heterocycles. The highest BCUT2D eigenvalue weighted by molar-refractivity contribution is 7.89. The maximum absolute atomic E-state index is 11.2. The zero-order valence-electron chi connectivity index (χ0n) is 11.0. The Balaban J connectivity index is 2.90. The largest absolute Gasteiger partial charge is 0.378 e. The Hall–Kier alpha value is -2.00. The van der Waals surface area contributed by atoms with Crippen LogP contribution < -0.4 is 10.0 Å². The minimum Gasteiger partial charge on any atom is -0.378 e. The summed E-state index contributed by atoms with van der Waals surface area (Å²) in [5.41, 5.74) is 0.135. The number of carbonyl (C=O) groups excluding carboxylic acids is 1. The van der Waals surface area contributed by atoms with Gasteiger partial charge in [0, 0.05) is 18.2 Å². The van der Waals surface area contributed by atoms with Gasteiger partial charge in [-0.05, 0) is 26.1 Å². The molecule has 0 radical (unpaired) electrons. The lowest BCUT2D eigenvalue weighted by molar-refractivity contribution is -0.384. The monoisotopic (exact) mass is 301 g/mol. The van der Waals surface area contributed by atoms with Gasteiger partial charge in [-0.1, -0.05) is 0 Å². The third-order valence-electron chi connectivity index (χ3n) is 2.60. The number of rotatable bonds is 7. The second kappa shape index (κ2) is 6.44. The second-order valence-corrected chi connectivity index (χ2v) is 6.04. The summed E-state index contributed by atoms with van der Waals surface area (Å²) >= 11 is 0. The molecule has 0 fully saturated rings. The van der Waals surface area contributed by atoms with Crippen molar-refractivity contribution in [2.75, 3.05) is 24.7 Å². The van der Waals surface area contributed by atoms with E-state index in [1.165, 1.54) is 26.1 Å². The Morgan fingerprint density at radius 1 is 1.40 bits per heavy atom. The minimum absolute atomic E-state index is 0.0173. The van der Waals surface area contributed by atoms with E-state index in [2.05, 4.69) is 10.0 Å². The highest BCUT2D eigenvalue weighted by Gasteiger charge is 2.16. The molecular weight excluding hydrogens is 286 g/mol. The summed E-state index contributed by atoms with van der Waals surface area (Å²) in [6.07, 6.45) is 0. The van der Waals surface area contributed by atoms with E-state index in [-0.39, 0.29) is 35.0 Å². The number of hydrogen-bond acceptors (Lipinski definition) is 6. The first-order chi connectivity index (χ1) is 9.26. The van der Waals surface area contributed by atoms with Gasteiger partial charge in [-0.3, -0.25) is 14.9 Å². The van der Waals surface area contributed by atoms with Crippen LogP contribution in [0.3, 0.4) is 0 Å². The molecule has 0 aliphatic heterocycles. The van der Waals surface area contributed by atoms with Crippen LogP contribution in [0.15, 0.2) is 18.2 Å². The maximum atomic E-state index is 11.2. The molecule has 0 spiro atoms. The van der Waals surface area contributed by atoms with Gasteiger partial charge >= 0.3 is 0 Å². The molecule has 1 aromatic carbocycles. The molecule has 0 atom stereocenters. The van der Waals surface area contributed by atoms with Crippen LogP contribution in [0, 0.1) is 10.1 Å². The highest BCUT2D eigenvalue weighted by Crippen LogP contribution is 2.25. The van der Waals surface area contributed by atoms with E-state index in [4.69, 9.17) is 0 Å². The SMILES string of the molecule is CNS(=O)(=O)CCNc1ccc(C(C)=O)cc1[N+](=O)[O-]. The van der Waals surface area contributed by atoms with Crippen LogP contribution in [-0.2, 0) is 10.0 Å². The fourth-order valence-electron chi connectivity index (χ4n) is 1.47. The van der Waals surface area contributed by atoms with Crippen LogP contribution in [0.5, 0.6) is 0 Å². The van der Waals surface area contributed by atoms with Crippen molar-refractivity contribution in [3.05, 3.63) is 33.9 Å². The number of anilines is 1. The van der Waals surface area contributed by atoms with E-state index in [1.54, 1.807) is 0 Å². The van der Waals surface area contributed by atoms with Crippen molar-refractivity contribution in [2.45, 2.75) is 6.92 Å². The molecule has 0 saturated carbocycles. The first-order valence-corrected chi connectivity index (χ1v) is 7.36. The number of ketones is 1. The summed E-state index contributed by atoms with van der Waals surface area (Å²) < 4.78 is 24.6. The zero-order valence-corrected chi connectivity index (χ0v) is 11.9. The van der Waals surface area contributed by atoms with Gasteiger partial charge < -0.3 is 5.32 Å². The molecule has 8 nitrogen and oxygen atoms in total. The van der Waals surface area contributed by atoms with Gasteiger partial charge in [-0.25, -0.2) is 13.1 Å². The van der Waals surface area contributed by atoms with Crippen molar-refractivity contribution in [1.29, 1.82) is 0 Å². The number of benzene rings is 1. The smallest absolute Gasteiger partial charge is 0.293 e. The van der Waals surface area contributed by atoms with Crippen molar-refractivity contribution in [1.82, 2.24) is 4.72 Å². The Kier molecular flexibility index (Phi) is 5.17. The van der Waals surface area contributed by atoms with Crippen LogP contribution in [0.2, 0.25) is 0 Å². The minimum atomic E-state index is -3.38. The lowest BCUT2D eigenvalue weighted by Gasteiger charge is -2.08. The topological polar surface area (TPSA) is 118 Å². The average molecular weight is 301 g/mol. The lowest BCUT2D eigenvalue weighted by atomic mass is 10.1. The van der Waals surface area contributed by atoms with E-state index >= 15 is 0 Å². The molecule has 1 rings (SSSR count). The molecule has 2 N–H and O–H groups in total. The van der Waals surface area contributed by atoms with Crippen LogP contribution in [-0.4, -0.2) is 38.5 Å². The van der Waals surface area contributed by atoms with E-state index in [0.29, 0.717) is 0 Å². The molecule has 0 aliphatic carbocycles. The number of Topliss-reactive ketones (excluding diaryl/α,β-unsaturated/α-hetero) is 1. The quantitative estimate of drug-likeness (QED) is 0.436. The van der Waals surface area contributed by atoms with E-state index in [9.17, 15) is 23.3 Å². The number of nitrogens with one attached hydrogen (secondary N) is 2. The van der Waals surface area contributed by atoms with Crippen molar-refractivity contribution >= 4 is 27.2 Å².